The summed E-state index contributed by atoms with van der Waals surface area (Å²) in [7, 11) is 1.64. The number of hydrogen-bond acceptors (Lipinski definition) is 5. The van der Waals surface area contributed by atoms with Crippen molar-refractivity contribution in [1.29, 1.82) is 10.5 Å². The number of fused-ring (bicyclic) bond motifs is 1. The summed E-state index contributed by atoms with van der Waals surface area (Å²) in [6.07, 6.45) is 3.50. The molecule has 0 amide bonds. The van der Waals surface area contributed by atoms with E-state index in [1.54, 1.807) is 7.11 Å². The van der Waals surface area contributed by atoms with Gasteiger partial charge in [-0.05, 0) is 30.9 Å². The summed E-state index contributed by atoms with van der Waals surface area (Å²) >= 11 is 0. The zero-order chi connectivity index (χ0) is 14.4. The Kier molecular flexibility index (Phi) is 4.92. The maximum atomic E-state index is 9.34. The van der Waals surface area contributed by atoms with Crippen molar-refractivity contribution in [2.24, 2.45) is 0 Å². The van der Waals surface area contributed by atoms with Crippen LogP contribution in [0.15, 0.2) is 6.07 Å². The number of aryl methyl sites for hydroxylation is 2. The predicted molar refractivity (Wildman–Crippen MR) is 75.3 cm³/mol. The molecule has 0 radical (unpaired) electrons. The number of ether oxygens (including phenoxy) is 1. The molecule has 1 aliphatic rings. The van der Waals surface area contributed by atoms with Crippen molar-refractivity contribution < 1.29 is 4.74 Å². The number of nitriles is 2. The molecular formula is C15H18N4O. The van der Waals surface area contributed by atoms with Crippen LogP contribution in [0.5, 0.6) is 0 Å². The fourth-order valence-corrected chi connectivity index (χ4v) is 2.49. The third-order valence-corrected chi connectivity index (χ3v) is 3.51. The van der Waals surface area contributed by atoms with Crippen molar-refractivity contribution >= 4 is 5.82 Å². The van der Waals surface area contributed by atoms with E-state index >= 15 is 0 Å². The van der Waals surface area contributed by atoms with Gasteiger partial charge in [0.05, 0.1) is 24.7 Å². The van der Waals surface area contributed by atoms with Crippen molar-refractivity contribution in [3.05, 3.63) is 22.9 Å². The van der Waals surface area contributed by atoms with Gasteiger partial charge in [-0.15, -0.1) is 0 Å². The minimum atomic E-state index is 0.410. The van der Waals surface area contributed by atoms with E-state index in [1.165, 1.54) is 5.56 Å². The lowest BCUT2D eigenvalue weighted by Crippen LogP contribution is -2.30. The van der Waals surface area contributed by atoms with Gasteiger partial charge >= 0.3 is 0 Å². The monoisotopic (exact) mass is 270 g/mol. The molecule has 5 nitrogen and oxygen atoms in total. The zero-order valence-corrected chi connectivity index (χ0v) is 11.7. The van der Waals surface area contributed by atoms with Gasteiger partial charge in [-0.3, -0.25) is 0 Å². The topological polar surface area (TPSA) is 72.9 Å². The first-order chi connectivity index (χ1) is 9.80. The van der Waals surface area contributed by atoms with E-state index in [2.05, 4.69) is 17.1 Å². The van der Waals surface area contributed by atoms with Crippen LogP contribution in [-0.4, -0.2) is 31.8 Å². The largest absolute Gasteiger partial charge is 0.383 e. The third-order valence-electron chi connectivity index (χ3n) is 3.51. The molecule has 0 spiro atoms. The molecule has 0 aromatic carbocycles. The molecule has 0 bridgehead atoms. The van der Waals surface area contributed by atoms with Gasteiger partial charge in [0.1, 0.15) is 11.9 Å². The number of rotatable bonds is 6. The van der Waals surface area contributed by atoms with Crippen molar-refractivity contribution in [1.82, 2.24) is 4.98 Å². The normalized spacial score (nSPS) is 12.6. The van der Waals surface area contributed by atoms with E-state index in [9.17, 15) is 5.26 Å². The van der Waals surface area contributed by atoms with Gasteiger partial charge in [0.25, 0.3) is 0 Å². The summed E-state index contributed by atoms with van der Waals surface area (Å²) in [6.45, 7) is 1.76. The number of aromatic nitrogens is 1. The molecule has 0 N–H and O–H groups in total. The van der Waals surface area contributed by atoms with Crippen molar-refractivity contribution in [2.75, 3.05) is 31.7 Å². The highest BCUT2D eigenvalue weighted by Crippen LogP contribution is 2.27. The lowest BCUT2D eigenvalue weighted by molar-refractivity contribution is 0.205. The Hall–Kier alpha value is -2.11. The fourth-order valence-electron chi connectivity index (χ4n) is 2.49. The lowest BCUT2D eigenvalue weighted by Gasteiger charge is -2.24. The molecular weight excluding hydrogens is 252 g/mol. The first-order valence-corrected chi connectivity index (χ1v) is 6.84. The molecule has 5 heteroatoms. The maximum absolute atomic E-state index is 9.34. The lowest BCUT2D eigenvalue weighted by atomic mass is 10.1. The summed E-state index contributed by atoms with van der Waals surface area (Å²) in [5, 5.41) is 18.1. The van der Waals surface area contributed by atoms with Gasteiger partial charge in [0, 0.05) is 25.9 Å². The molecule has 0 aliphatic heterocycles. The Morgan fingerprint density at radius 1 is 1.35 bits per heavy atom. The maximum Gasteiger partial charge on any atom is 0.146 e. The summed E-state index contributed by atoms with van der Waals surface area (Å²) < 4.78 is 5.10. The van der Waals surface area contributed by atoms with Crippen molar-refractivity contribution in [3.8, 4) is 12.1 Å². The first-order valence-electron chi connectivity index (χ1n) is 6.84. The van der Waals surface area contributed by atoms with Gasteiger partial charge in [0.15, 0.2) is 0 Å². The summed E-state index contributed by atoms with van der Waals surface area (Å²) in [5.41, 5.74) is 2.88. The summed E-state index contributed by atoms with van der Waals surface area (Å²) in [5.74, 6) is 0.695. The molecule has 1 aromatic rings. The number of anilines is 1. The Balaban J connectivity index is 2.31. The summed E-state index contributed by atoms with van der Waals surface area (Å²) in [6, 6.07) is 6.33. The SMILES string of the molecule is COCCN(CCC#N)c1nc2c(cc1C#N)CCC2. The van der Waals surface area contributed by atoms with Gasteiger partial charge in [0.2, 0.25) is 0 Å². The van der Waals surface area contributed by atoms with E-state index in [0.29, 0.717) is 37.5 Å². The Morgan fingerprint density at radius 3 is 2.90 bits per heavy atom. The third kappa shape index (κ3) is 3.07. The van der Waals surface area contributed by atoms with Gasteiger partial charge in [-0.25, -0.2) is 4.98 Å². The standard InChI is InChI=1S/C15H18N4O/c1-20-9-8-19(7-3-6-16)15-13(11-17)10-12-4-2-5-14(12)18-15/h10H,2-5,7-9H2,1H3. The van der Waals surface area contributed by atoms with E-state index in [-0.39, 0.29) is 0 Å². The van der Waals surface area contributed by atoms with Gasteiger partial charge in [-0.2, -0.15) is 10.5 Å². The molecule has 104 valence electrons. The van der Waals surface area contributed by atoms with Crippen LogP contribution in [0.2, 0.25) is 0 Å². The van der Waals surface area contributed by atoms with Gasteiger partial charge in [-0.1, -0.05) is 0 Å². The van der Waals surface area contributed by atoms with E-state index in [0.717, 1.165) is 25.0 Å². The Labute approximate surface area is 119 Å². The van der Waals surface area contributed by atoms with Crippen LogP contribution in [0.4, 0.5) is 5.82 Å². The Bertz CT molecular complexity index is 556. The molecule has 0 fully saturated rings. The molecule has 1 heterocycles. The second-order valence-corrected chi connectivity index (χ2v) is 4.82. The number of hydrogen-bond donors (Lipinski definition) is 0. The molecule has 20 heavy (non-hydrogen) atoms. The first kappa shape index (κ1) is 14.3. The second kappa shape index (κ2) is 6.88. The molecule has 2 rings (SSSR count). The summed E-state index contributed by atoms with van der Waals surface area (Å²) in [4.78, 5) is 6.64. The van der Waals surface area contributed by atoms with Crippen LogP contribution in [-0.2, 0) is 17.6 Å². The molecule has 0 saturated heterocycles. The minimum absolute atomic E-state index is 0.410. The van der Waals surface area contributed by atoms with Gasteiger partial charge < -0.3 is 9.64 Å². The smallest absolute Gasteiger partial charge is 0.146 e. The number of nitrogens with zero attached hydrogens (tertiary/aromatic N) is 4. The number of pyridine rings is 1. The second-order valence-electron chi connectivity index (χ2n) is 4.82. The van der Waals surface area contributed by atoms with Crippen LogP contribution in [0.1, 0.15) is 29.7 Å². The van der Waals surface area contributed by atoms with E-state index < -0.39 is 0 Å². The molecule has 0 atom stereocenters. The average molecular weight is 270 g/mol. The highest BCUT2D eigenvalue weighted by molar-refractivity contribution is 5.57. The molecule has 0 unspecified atom stereocenters. The predicted octanol–water partition coefficient (Wildman–Crippen LogP) is 1.81. The van der Waals surface area contributed by atoms with Crippen LogP contribution < -0.4 is 4.90 Å². The van der Waals surface area contributed by atoms with E-state index in [4.69, 9.17) is 10.00 Å². The van der Waals surface area contributed by atoms with Crippen molar-refractivity contribution in [2.45, 2.75) is 25.7 Å². The molecule has 0 saturated carbocycles. The fraction of sp³-hybridized carbons (Fsp3) is 0.533. The Morgan fingerprint density at radius 2 is 2.20 bits per heavy atom. The van der Waals surface area contributed by atoms with Crippen LogP contribution in [0.25, 0.3) is 0 Å². The average Bonchev–Trinajstić information content (AvgIpc) is 2.93. The van der Waals surface area contributed by atoms with Crippen molar-refractivity contribution in [3.63, 3.8) is 0 Å². The molecule has 1 aliphatic carbocycles. The number of methoxy groups -OCH3 is 1. The minimum Gasteiger partial charge on any atom is -0.383 e. The van der Waals surface area contributed by atoms with Crippen LogP contribution in [0, 0.1) is 22.7 Å². The highest BCUT2D eigenvalue weighted by atomic mass is 16.5. The zero-order valence-electron chi connectivity index (χ0n) is 11.7. The van der Waals surface area contributed by atoms with Crippen LogP contribution >= 0.6 is 0 Å². The highest BCUT2D eigenvalue weighted by Gasteiger charge is 2.19. The van der Waals surface area contributed by atoms with Crippen LogP contribution in [0.3, 0.4) is 0 Å². The molecule has 1 aromatic heterocycles. The van der Waals surface area contributed by atoms with E-state index in [1.807, 2.05) is 11.0 Å². The quantitative estimate of drug-likeness (QED) is 0.788.